The number of thioether (sulfide) groups is 1. The van der Waals surface area contributed by atoms with Gasteiger partial charge < -0.3 is 23.7 Å². The van der Waals surface area contributed by atoms with Crippen LogP contribution in [0.1, 0.15) is 83.2 Å². The van der Waals surface area contributed by atoms with Crippen LogP contribution >= 0.6 is 11.8 Å². The first kappa shape index (κ1) is 38.5. The summed E-state index contributed by atoms with van der Waals surface area (Å²) in [7, 11) is 0. The number of ketones is 1. The maximum atomic E-state index is 17.7. The zero-order chi connectivity index (χ0) is 37.2. The molecule has 0 spiro atoms. The van der Waals surface area contributed by atoms with Gasteiger partial charge in [-0.05, 0) is 68.4 Å². The van der Waals surface area contributed by atoms with Gasteiger partial charge in [0.25, 0.3) is 0 Å². The molecular formula is C38H44F2O10S. The van der Waals surface area contributed by atoms with Crippen LogP contribution in [-0.2, 0) is 33.4 Å². The van der Waals surface area contributed by atoms with Gasteiger partial charge in [-0.2, -0.15) is 0 Å². The number of halogens is 2. The van der Waals surface area contributed by atoms with Crippen LogP contribution in [0.5, 0.6) is 0 Å². The first-order valence-electron chi connectivity index (χ1n) is 17.3. The number of aliphatic hydroxyl groups is 1. The van der Waals surface area contributed by atoms with Gasteiger partial charge in [0.05, 0.1) is 37.6 Å². The Balaban J connectivity index is 1.35. The molecule has 0 bridgehead atoms. The van der Waals surface area contributed by atoms with E-state index >= 15 is 8.78 Å². The zero-order valence-electron chi connectivity index (χ0n) is 29.2. The number of furan rings is 1. The largest absolute Gasteiger partial charge is 0.466 e. The minimum atomic E-state index is -2.38. The molecule has 4 aliphatic carbocycles. The summed E-state index contributed by atoms with van der Waals surface area (Å²) < 4.78 is 55.2. The second-order valence-corrected chi connectivity index (χ2v) is 15.2. The topological polar surface area (TPSA) is 146 Å². The molecule has 1 aromatic heterocycles. The summed E-state index contributed by atoms with van der Waals surface area (Å²) in [6.45, 7) is 6.88. The molecule has 0 aliphatic heterocycles. The number of aliphatic hydroxyl groups excluding tert-OH is 1. The van der Waals surface area contributed by atoms with Gasteiger partial charge in [0.2, 0.25) is 10.9 Å². The lowest BCUT2D eigenvalue weighted by molar-refractivity contribution is -0.221. The quantitative estimate of drug-likeness (QED) is 0.130. The third-order valence-corrected chi connectivity index (χ3v) is 12.3. The molecule has 0 saturated heterocycles. The van der Waals surface area contributed by atoms with Crippen molar-refractivity contribution in [3.05, 3.63) is 48.0 Å². The van der Waals surface area contributed by atoms with Gasteiger partial charge >= 0.3 is 17.9 Å². The molecule has 1 heterocycles. The summed E-state index contributed by atoms with van der Waals surface area (Å²) in [4.78, 5) is 63.8. The molecule has 1 N–H and O–H groups in total. The summed E-state index contributed by atoms with van der Waals surface area (Å²) in [5.74, 6) is 0.222. The molecule has 0 unspecified atom stereocenters. The van der Waals surface area contributed by atoms with Gasteiger partial charge in [0.1, 0.15) is 6.17 Å². The molecule has 3 fully saturated rings. The predicted octanol–water partition coefficient (Wildman–Crippen LogP) is 5.67. The van der Waals surface area contributed by atoms with Crippen LogP contribution in [0.2, 0.25) is 0 Å². The van der Waals surface area contributed by atoms with Crippen LogP contribution in [0.15, 0.2) is 46.6 Å². The fraction of sp³-hybridized carbons (Fsp3) is 0.605. The number of esters is 3. The van der Waals surface area contributed by atoms with Gasteiger partial charge in [-0.25, -0.2) is 13.6 Å². The van der Waals surface area contributed by atoms with Crippen molar-refractivity contribution < 1.29 is 56.5 Å². The number of alkyl halides is 2. The lowest BCUT2D eigenvalue weighted by Crippen LogP contribution is -2.70. The summed E-state index contributed by atoms with van der Waals surface area (Å²) in [5.41, 5.74) is -7.24. The number of carbonyl (C=O) groups is 5. The Morgan fingerprint density at radius 2 is 1.82 bits per heavy atom. The maximum absolute atomic E-state index is 17.7. The van der Waals surface area contributed by atoms with Gasteiger partial charge in [-0.15, -0.1) is 0 Å². The Morgan fingerprint density at radius 3 is 2.51 bits per heavy atom. The molecule has 5 rings (SSSR count). The number of rotatable bonds is 11. The lowest BCUT2D eigenvalue weighted by Gasteiger charge is -2.63. The highest BCUT2D eigenvalue weighted by molar-refractivity contribution is 8.14. The summed E-state index contributed by atoms with van der Waals surface area (Å²) >= 11 is 0.771. The van der Waals surface area contributed by atoms with E-state index < -0.39 is 80.9 Å². The highest BCUT2D eigenvalue weighted by atomic mass is 32.2. The van der Waals surface area contributed by atoms with Crippen molar-refractivity contribution in [2.45, 2.75) is 96.2 Å². The molecule has 10 nitrogen and oxygen atoms in total. The molecule has 13 heteroatoms. The van der Waals surface area contributed by atoms with Crippen molar-refractivity contribution in [1.29, 1.82) is 0 Å². The van der Waals surface area contributed by atoms with E-state index in [4.69, 9.17) is 18.6 Å². The normalized spacial score (nSPS) is 34.9. The van der Waals surface area contributed by atoms with E-state index in [-0.39, 0.29) is 55.8 Å². The van der Waals surface area contributed by atoms with Crippen molar-refractivity contribution in [1.82, 2.24) is 0 Å². The monoisotopic (exact) mass is 730 g/mol. The third kappa shape index (κ3) is 6.70. The average molecular weight is 731 g/mol. The number of hydrogen-bond acceptors (Lipinski definition) is 11. The minimum Gasteiger partial charge on any atom is -0.466 e. The zero-order valence-corrected chi connectivity index (χ0v) is 30.0. The summed E-state index contributed by atoms with van der Waals surface area (Å²) in [6.07, 6.45) is 2.47. The molecule has 0 radical (unpaired) electrons. The van der Waals surface area contributed by atoms with E-state index in [1.165, 1.54) is 37.5 Å². The molecule has 51 heavy (non-hydrogen) atoms. The number of allylic oxidation sites excluding steroid dienone is 4. The Labute approximate surface area is 300 Å². The fourth-order valence-corrected chi connectivity index (χ4v) is 9.91. The molecule has 0 amide bonds. The number of unbranched alkanes of at least 4 members (excludes halogenated alkanes) is 1. The first-order valence-corrected chi connectivity index (χ1v) is 18.3. The maximum Gasteiger partial charge on any atom is 0.375 e. The van der Waals surface area contributed by atoms with E-state index in [9.17, 15) is 29.1 Å². The van der Waals surface area contributed by atoms with E-state index in [2.05, 4.69) is 11.8 Å². The number of hydrogen-bond donors (Lipinski definition) is 1. The van der Waals surface area contributed by atoms with Gasteiger partial charge in [-0.1, -0.05) is 56.9 Å². The molecule has 276 valence electrons. The smallest absolute Gasteiger partial charge is 0.375 e. The van der Waals surface area contributed by atoms with E-state index in [0.29, 0.717) is 6.61 Å². The van der Waals surface area contributed by atoms with E-state index in [0.717, 1.165) is 30.7 Å². The summed E-state index contributed by atoms with van der Waals surface area (Å²) in [6, 6.07) is 2.88. The van der Waals surface area contributed by atoms with Crippen LogP contribution in [0.4, 0.5) is 8.78 Å². The second kappa shape index (κ2) is 15.1. The Kier molecular flexibility index (Phi) is 11.4. The van der Waals surface area contributed by atoms with Crippen LogP contribution in [-0.4, -0.2) is 76.4 Å². The SMILES string of the molecule is CCCCOC(=O)CCC(=O)OCC#CCSC(=O)[C@@]1(OC(=O)c2ccco2)[C@H](C)C[C@H]2[C@@H]3C[C@H](F)C4=CC(=O)C=C[C@]4(C)[C@@]3(F)[C@@H](O)C[C@@]21C. The first-order chi connectivity index (χ1) is 24.2. The van der Waals surface area contributed by atoms with Gasteiger partial charge in [-0.3, -0.25) is 19.2 Å². The Morgan fingerprint density at radius 1 is 1.10 bits per heavy atom. The highest BCUT2D eigenvalue weighted by Crippen LogP contribution is 2.72. The van der Waals surface area contributed by atoms with Crippen molar-refractivity contribution >= 4 is 40.6 Å². The van der Waals surface area contributed by atoms with Crippen molar-refractivity contribution in [3.63, 3.8) is 0 Å². The standard InChI is InChI=1S/C38H44F2O10S/c1-5-6-15-48-31(43)11-12-32(44)49-16-7-8-18-51-34(46)38(50-33(45)29-10-9-17-47-29)23(2)19-25-26-21-28(39)27-20-24(41)13-14-35(27,3)37(26,40)30(42)22-36(25,38)4/h9-10,13-14,17,20,23,25-26,28,30,42H,5-6,11-12,15-16,18-19,21-22H2,1-4H3/t23-,25+,26+,28+,30+,35+,36+,37+,38+/m1/s1. The van der Waals surface area contributed by atoms with Crippen LogP contribution in [0, 0.1) is 40.4 Å². The Hall–Kier alpha value is -3.76. The number of carbonyl (C=O) groups excluding carboxylic acids is 5. The predicted molar refractivity (Wildman–Crippen MR) is 181 cm³/mol. The second-order valence-electron chi connectivity index (χ2n) is 14.3. The van der Waals surface area contributed by atoms with Gasteiger partial charge in [0.15, 0.2) is 23.7 Å². The molecule has 4 aliphatic rings. The van der Waals surface area contributed by atoms with E-state index in [1.54, 1.807) is 13.8 Å². The molecule has 3 saturated carbocycles. The molecular weight excluding hydrogens is 686 g/mol. The van der Waals surface area contributed by atoms with Crippen molar-refractivity contribution in [2.75, 3.05) is 19.0 Å². The third-order valence-electron chi connectivity index (χ3n) is 11.4. The van der Waals surface area contributed by atoms with Gasteiger partial charge in [0, 0.05) is 22.7 Å². The highest BCUT2D eigenvalue weighted by Gasteiger charge is 2.78. The number of fused-ring (bicyclic) bond motifs is 5. The van der Waals surface area contributed by atoms with Crippen LogP contribution in [0.3, 0.4) is 0 Å². The fourth-order valence-electron chi connectivity index (χ4n) is 8.92. The molecule has 0 aromatic carbocycles. The van der Waals surface area contributed by atoms with Crippen LogP contribution < -0.4 is 0 Å². The average Bonchev–Trinajstić information content (AvgIpc) is 3.70. The number of ether oxygens (including phenoxy) is 3. The van der Waals surface area contributed by atoms with Crippen molar-refractivity contribution in [2.24, 2.45) is 28.6 Å². The molecule has 9 atom stereocenters. The summed E-state index contributed by atoms with van der Waals surface area (Å²) in [5, 5.41) is 11.2. The van der Waals surface area contributed by atoms with Crippen LogP contribution in [0.25, 0.3) is 0 Å². The van der Waals surface area contributed by atoms with E-state index in [1.807, 2.05) is 6.92 Å². The van der Waals surface area contributed by atoms with Crippen molar-refractivity contribution in [3.8, 4) is 11.8 Å². The lowest BCUT2D eigenvalue weighted by atomic mass is 9.44. The minimum absolute atomic E-state index is 0.0150. The Bertz CT molecular complexity index is 1660. The molecule has 1 aromatic rings.